The van der Waals surface area contributed by atoms with Gasteiger partial charge >= 0.3 is 0 Å². The molecule has 0 spiro atoms. The number of halogens is 1. The minimum absolute atomic E-state index is 0.193. The Morgan fingerprint density at radius 3 is 2.56 bits per heavy atom. The summed E-state index contributed by atoms with van der Waals surface area (Å²) >= 11 is 6.05. The minimum atomic E-state index is -0.270. The van der Waals surface area contributed by atoms with Gasteiger partial charge < -0.3 is 19.2 Å². The predicted molar refractivity (Wildman–Crippen MR) is 104 cm³/mol. The zero-order chi connectivity index (χ0) is 19.1. The van der Waals surface area contributed by atoms with Crippen molar-refractivity contribution in [1.29, 1.82) is 0 Å². The van der Waals surface area contributed by atoms with Crippen LogP contribution in [0.25, 0.3) is 0 Å². The van der Waals surface area contributed by atoms with Crippen molar-refractivity contribution in [3.05, 3.63) is 82.8 Å². The van der Waals surface area contributed by atoms with Gasteiger partial charge in [0.2, 0.25) is 0 Å². The minimum Gasteiger partial charge on any atom is -0.496 e. The molecule has 0 saturated heterocycles. The van der Waals surface area contributed by atoms with E-state index in [1.165, 1.54) is 0 Å². The highest BCUT2D eigenvalue weighted by atomic mass is 35.5. The highest BCUT2D eigenvalue weighted by molar-refractivity contribution is 6.32. The van der Waals surface area contributed by atoms with Crippen LogP contribution in [0.1, 0.15) is 21.9 Å². The Bertz CT molecular complexity index is 906. The van der Waals surface area contributed by atoms with Crippen molar-refractivity contribution in [1.82, 2.24) is 5.32 Å². The molecule has 0 unspecified atom stereocenters. The lowest BCUT2D eigenvalue weighted by molar-refractivity contribution is 0.0922. The molecule has 0 atom stereocenters. The molecule has 0 saturated carbocycles. The molecule has 1 N–H and O–H groups in total. The van der Waals surface area contributed by atoms with Crippen molar-refractivity contribution in [2.45, 2.75) is 13.0 Å². The quantitative estimate of drug-likeness (QED) is 0.620. The summed E-state index contributed by atoms with van der Waals surface area (Å²) in [5, 5.41) is 3.37. The Hall–Kier alpha value is -2.92. The second-order valence-electron chi connectivity index (χ2n) is 5.80. The topological polar surface area (TPSA) is 60.7 Å². The first-order chi connectivity index (χ1) is 13.2. The second kappa shape index (κ2) is 9.14. The predicted octanol–water partition coefficient (Wildman–Crippen LogP) is 4.49. The van der Waals surface area contributed by atoms with Crippen molar-refractivity contribution in [3.63, 3.8) is 0 Å². The van der Waals surface area contributed by atoms with Crippen molar-refractivity contribution >= 4 is 17.5 Å². The summed E-state index contributed by atoms with van der Waals surface area (Å²) in [7, 11) is 1.63. The standard InChI is InChI=1S/C21H20ClNO4/c1-25-18-8-4-2-6-15(18)12-13-23-21(24)20-11-10-16(27-20)14-26-19-9-5-3-7-17(19)22/h2-11H,12-14H2,1H3,(H,23,24). The molecule has 27 heavy (non-hydrogen) atoms. The van der Waals surface area contributed by atoms with E-state index in [4.69, 9.17) is 25.5 Å². The molecule has 1 aromatic heterocycles. The number of benzene rings is 2. The number of carbonyl (C=O) groups excluding carboxylic acids is 1. The zero-order valence-corrected chi connectivity index (χ0v) is 15.7. The third-order valence-electron chi connectivity index (χ3n) is 3.96. The van der Waals surface area contributed by atoms with E-state index in [9.17, 15) is 4.79 Å². The van der Waals surface area contributed by atoms with Gasteiger partial charge in [0.25, 0.3) is 5.91 Å². The van der Waals surface area contributed by atoms with E-state index in [0.717, 1.165) is 11.3 Å². The van der Waals surface area contributed by atoms with Crippen molar-refractivity contribution in [2.24, 2.45) is 0 Å². The number of hydrogen-bond acceptors (Lipinski definition) is 4. The molecule has 140 valence electrons. The van der Waals surface area contributed by atoms with Gasteiger partial charge in [-0.25, -0.2) is 0 Å². The number of para-hydroxylation sites is 2. The maximum atomic E-state index is 12.2. The van der Waals surface area contributed by atoms with Gasteiger partial charge in [-0.2, -0.15) is 0 Å². The molecule has 5 nitrogen and oxygen atoms in total. The summed E-state index contributed by atoms with van der Waals surface area (Å²) in [5.41, 5.74) is 1.04. The maximum absolute atomic E-state index is 12.2. The summed E-state index contributed by atoms with van der Waals surface area (Å²) in [5.74, 6) is 1.90. The highest BCUT2D eigenvalue weighted by Crippen LogP contribution is 2.24. The Morgan fingerprint density at radius 2 is 1.78 bits per heavy atom. The number of furan rings is 1. The fourth-order valence-electron chi connectivity index (χ4n) is 2.60. The molecule has 1 heterocycles. The molecular weight excluding hydrogens is 366 g/mol. The van der Waals surface area contributed by atoms with Crippen molar-refractivity contribution in [3.8, 4) is 11.5 Å². The average molecular weight is 386 g/mol. The normalized spacial score (nSPS) is 10.4. The first-order valence-corrected chi connectivity index (χ1v) is 8.91. The van der Waals surface area contributed by atoms with E-state index >= 15 is 0 Å². The first kappa shape index (κ1) is 18.9. The van der Waals surface area contributed by atoms with E-state index < -0.39 is 0 Å². The van der Waals surface area contributed by atoms with Crippen LogP contribution in [0, 0.1) is 0 Å². The molecule has 3 aromatic rings. The van der Waals surface area contributed by atoms with Crippen LogP contribution in [0.15, 0.2) is 65.1 Å². The summed E-state index contributed by atoms with van der Waals surface area (Å²) in [4.78, 5) is 12.2. The molecule has 1 amide bonds. The van der Waals surface area contributed by atoms with Crippen LogP contribution in [-0.2, 0) is 13.0 Å². The molecular formula is C21H20ClNO4. The summed E-state index contributed by atoms with van der Waals surface area (Å²) in [6.45, 7) is 0.670. The first-order valence-electron chi connectivity index (χ1n) is 8.53. The molecule has 0 aliphatic rings. The van der Waals surface area contributed by atoms with Gasteiger partial charge in [0.15, 0.2) is 5.76 Å². The van der Waals surface area contributed by atoms with Gasteiger partial charge in [-0.3, -0.25) is 4.79 Å². The van der Waals surface area contributed by atoms with Crippen LogP contribution in [0.5, 0.6) is 11.5 Å². The lowest BCUT2D eigenvalue weighted by Gasteiger charge is -2.08. The molecule has 6 heteroatoms. The van der Waals surface area contributed by atoms with E-state index in [0.29, 0.717) is 29.5 Å². The lowest BCUT2D eigenvalue weighted by atomic mass is 10.1. The fourth-order valence-corrected chi connectivity index (χ4v) is 2.79. The number of ether oxygens (including phenoxy) is 2. The second-order valence-corrected chi connectivity index (χ2v) is 6.21. The molecule has 0 fully saturated rings. The third-order valence-corrected chi connectivity index (χ3v) is 4.28. The van der Waals surface area contributed by atoms with Crippen LogP contribution < -0.4 is 14.8 Å². The van der Waals surface area contributed by atoms with Crippen LogP contribution in [-0.4, -0.2) is 19.6 Å². The molecule has 3 rings (SSSR count). The van der Waals surface area contributed by atoms with Gasteiger partial charge in [-0.1, -0.05) is 41.9 Å². The average Bonchev–Trinajstić information content (AvgIpc) is 3.17. The SMILES string of the molecule is COc1ccccc1CCNC(=O)c1ccc(COc2ccccc2Cl)o1. The van der Waals surface area contributed by atoms with Crippen LogP contribution in [0.2, 0.25) is 5.02 Å². The number of hydrogen-bond donors (Lipinski definition) is 1. The van der Waals surface area contributed by atoms with Crippen molar-refractivity contribution in [2.75, 3.05) is 13.7 Å². The maximum Gasteiger partial charge on any atom is 0.287 e. The monoisotopic (exact) mass is 385 g/mol. The molecule has 0 aliphatic carbocycles. The lowest BCUT2D eigenvalue weighted by Crippen LogP contribution is -2.25. The van der Waals surface area contributed by atoms with Crippen molar-refractivity contribution < 1.29 is 18.7 Å². The molecule has 0 radical (unpaired) electrons. The third kappa shape index (κ3) is 5.05. The highest BCUT2D eigenvalue weighted by Gasteiger charge is 2.12. The number of rotatable bonds is 8. The van der Waals surface area contributed by atoms with Gasteiger partial charge in [0.05, 0.1) is 12.1 Å². The largest absolute Gasteiger partial charge is 0.496 e. The number of carbonyl (C=O) groups is 1. The van der Waals surface area contributed by atoms with Crippen LogP contribution >= 0.6 is 11.6 Å². The van der Waals surface area contributed by atoms with E-state index in [1.54, 1.807) is 31.4 Å². The Labute approximate surface area is 162 Å². The van der Waals surface area contributed by atoms with Gasteiger partial charge in [0, 0.05) is 6.54 Å². The summed E-state index contributed by atoms with van der Waals surface area (Å²) in [6.07, 6.45) is 0.666. The van der Waals surface area contributed by atoms with E-state index in [-0.39, 0.29) is 18.3 Å². The van der Waals surface area contributed by atoms with Crippen LogP contribution in [0.3, 0.4) is 0 Å². The van der Waals surface area contributed by atoms with Gasteiger partial charge in [-0.15, -0.1) is 0 Å². The smallest absolute Gasteiger partial charge is 0.287 e. The summed E-state index contributed by atoms with van der Waals surface area (Å²) in [6, 6.07) is 18.3. The molecule has 0 bridgehead atoms. The number of nitrogens with one attached hydrogen (secondary N) is 1. The van der Waals surface area contributed by atoms with Crippen LogP contribution in [0.4, 0.5) is 0 Å². The summed E-state index contributed by atoms with van der Waals surface area (Å²) < 4.78 is 16.5. The van der Waals surface area contributed by atoms with E-state index in [2.05, 4.69) is 5.32 Å². The Kier molecular flexibility index (Phi) is 6.39. The number of amides is 1. The molecule has 2 aromatic carbocycles. The van der Waals surface area contributed by atoms with E-state index in [1.807, 2.05) is 36.4 Å². The molecule has 0 aliphatic heterocycles. The van der Waals surface area contributed by atoms with Gasteiger partial charge in [0.1, 0.15) is 23.9 Å². The zero-order valence-electron chi connectivity index (χ0n) is 14.9. The Morgan fingerprint density at radius 1 is 1.04 bits per heavy atom. The fraction of sp³-hybridized carbons (Fsp3) is 0.190. The Balaban J connectivity index is 1.50. The van der Waals surface area contributed by atoms with Gasteiger partial charge in [-0.05, 0) is 42.3 Å². The number of methoxy groups -OCH3 is 1.